The first-order valence-corrected chi connectivity index (χ1v) is 5.82. The molecule has 0 fully saturated rings. The molecule has 0 heterocycles. The van der Waals surface area contributed by atoms with Crippen LogP contribution in [0.5, 0.6) is 5.75 Å². The van der Waals surface area contributed by atoms with Gasteiger partial charge in [0.05, 0.1) is 0 Å². The molecule has 0 atom stereocenters. The molecular weight excluding hydrogens is 281 g/mol. The normalized spacial score (nSPS) is 10.7. The molecule has 0 aliphatic rings. The summed E-state index contributed by atoms with van der Waals surface area (Å²) in [4.78, 5) is 0. The third-order valence-corrected chi connectivity index (χ3v) is 2.85. The van der Waals surface area contributed by atoms with Gasteiger partial charge in [-0.25, -0.2) is 0 Å². The number of halogens is 4. The van der Waals surface area contributed by atoms with Crippen LogP contribution in [0.15, 0.2) is 42.5 Å². The Hall–Kier alpha value is -1.32. The van der Waals surface area contributed by atoms with E-state index in [2.05, 4.69) is 4.74 Å². The Balaban J connectivity index is 2.38. The molecule has 0 N–H and O–H groups in total. The van der Waals surface area contributed by atoms with Crippen molar-refractivity contribution < 1.29 is 13.5 Å². The number of hydrogen-bond donors (Lipinski definition) is 0. The SMILES string of the molecule is FC(F)Oc1cccc(-c2ccc(Cl)cc2Cl)c1. The molecule has 0 unspecified atom stereocenters. The Kier molecular flexibility index (Phi) is 4.04. The fourth-order valence-electron chi connectivity index (χ4n) is 1.56. The van der Waals surface area contributed by atoms with E-state index in [1.165, 1.54) is 12.1 Å². The van der Waals surface area contributed by atoms with Gasteiger partial charge in [-0.3, -0.25) is 0 Å². The highest BCUT2D eigenvalue weighted by Crippen LogP contribution is 2.32. The first-order valence-electron chi connectivity index (χ1n) is 5.06. The van der Waals surface area contributed by atoms with Gasteiger partial charge in [0, 0.05) is 15.6 Å². The van der Waals surface area contributed by atoms with Crippen LogP contribution in [0.3, 0.4) is 0 Å². The van der Waals surface area contributed by atoms with Gasteiger partial charge in [-0.1, -0.05) is 41.4 Å². The van der Waals surface area contributed by atoms with Gasteiger partial charge in [0.25, 0.3) is 0 Å². The third-order valence-electron chi connectivity index (χ3n) is 2.30. The van der Waals surface area contributed by atoms with Crippen LogP contribution < -0.4 is 4.74 Å². The zero-order chi connectivity index (χ0) is 13.1. The van der Waals surface area contributed by atoms with Crippen LogP contribution in [0.2, 0.25) is 10.0 Å². The van der Waals surface area contributed by atoms with Crippen molar-refractivity contribution >= 4 is 23.2 Å². The van der Waals surface area contributed by atoms with E-state index in [0.717, 1.165) is 0 Å². The van der Waals surface area contributed by atoms with Crippen LogP contribution in [-0.4, -0.2) is 6.61 Å². The molecule has 0 aromatic heterocycles. The van der Waals surface area contributed by atoms with E-state index in [1.54, 1.807) is 30.3 Å². The second-order valence-electron chi connectivity index (χ2n) is 3.53. The molecule has 0 saturated carbocycles. The zero-order valence-corrected chi connectivity index (χ0v) is 10.6. The minimum Gasteiger partial charge on any atom is -0.435 e. The summed E-state index contributed by atoms with van der Waals surface area (Å²) in [6.45, 7) is -2.85. The largest absolute Gasteiger partial charge is 0.435 e. The Labute approximate surface area is 113 Å². The lowest BCUT2D eigenvalue weighted by Gasteiger charge is -2.08. The molecular formula is C13H8Cl2F2O. The maximum Gasteiger partial charge on any atom is 0.387 e. The topological polar surface area (TPSA) is 9.23 Å². The Bertz CT molecular complexity index is 558. The van der Waals surface area contributed by atoms with E-state index in [4.69, 9.17) is 23.2 Å². The lowest BCUT2D eigenvalue weighted by Crippen LogP contribution is -2.01. The molecule has 0 amide bonds. The van der Waals surface area contributed by atoms with E-state index in [9.17, 15) is 8.78 Å². The summed E-state index contributed by atoms with van der Waals surface area (Å²) in [5, 5.41) is 0.973. The Morgan fingerprint density at radius 3 is 2.44 bits per heavy atom. The molecule has 0 saturated heterocycles. The first-order chi connectivity index (χ1) is 8.56. The predicted molar refractivity (Wildman–Crippen MR) is 68.5 cm³/mol. The third kappa shape index (κ3) is 3.12. The van der Waals surface area contributed by atoms with Crippen molar-refractivity contribution in [2.45, 2.75) is 6.61 Å². The van der Waals surface area contributed by atoms with E-state index < -0.39 is 6.61 Å². The minimum absolute atomic E-state index is 0.0912. The standard InChI is InChI=1S/C13H8Cl2F2O/c14-9-4-5-11(12(15)7-9)8-2-1-3-10(6-8)18-13(16)17/h1-7,13H. The molecule has 2 aromatic rings. The molecule has 2 rings (SSSR count). The number of ether oxygens (including phenoxy) is 1. The highest BCUT2D eigenvalue weighted by molar-refractivity contribution is 6.36. The van der Waals surface area contributed by atoms with Gasteiger partial charge in [-0.15, -0.1) is 0 Å². The monoisotopic (exact) mass is 288 g/mol. The molecule has 0 bridgehead atoms. The lowest BCUT2D eigenvalue weighted by atomic mass is 10.1. The number of alkyl halides is 2. The molecule has 94 valence electrons. The van der Waals surface area contributed by atoms with Crippen LogP contribution in [0.25, 0.3) is 11.1 Å². The molecule has 18 heavy (non-hydrogen) atoms. The maximum absolute atomic E-state index is 12.1. The average molecular weight is 289 g/mol. The number of benzene rings is 2. The lowest BCUT2D eigenvalue weighted by molar-refractivity contribution is -0.0498. The molecule has 0 radical (unpaired) electrons. The highest BCUT2D eigenvalue weighted by atomic mass is 35.5. The number of rotatable bonds is 3. The van der Waals surface area contributed by atoms with Gasteiger partial charge < -0.3 is 4.74 Å². The summed E-state index contributed by atoms with van der Waals surface area (Å²) in [7, 11) is 0. The van der Waals surface area contributed by atoms with Gasteiger partial charge in [0.15, 0.2) is 0 Å². The number of hydrogen-bond acceptors (Lipinski definition) is 1. The molecule has 0 aliphatic heterocycles. The van der Waals surface area contributed by atoms with Crippen molar-refractivity contribution in [1.82, 2.24) is 0 Å². The summed E-state index contributed by atoms with van der Waals surface area (Å²) >= 11 is 11.8. The summed E-state index contributed by atoms with van der Waals surface area (Å²) in [6.07, 6.45) is 0. The smallest absolute Gasteiger partial charge is 0.387 e. The van der Waals surface area contributed by atoms with Gasteiger partial charge in [0.1, 0.15) is 5.75 Å². The minimum atomic E-state index is -2.85. The quantitative estimate of drug-likeness (QED) is 0.748. The van der Waals surface area contributed by atoms with Crippen molar-refractivity contribution in [1.29, 1.82) is 0 Å². The Morgan fingerprint density at radius 2 is 1.78 bits per heavy atom. The van der Waals surface area contributed by atoms with Crippen molar-refractivity contribution in [2.24, 2.45) is 0 Å². The van der Waals surface area contributed by atoms with Gasteiger partial charge in [0.2, 0.25) is 0 Å². The summed E-state index contributed by atoms with van der Waals surface area (Å²) in [5.41, 5.74) is 1.40. The predicted octanol–water partition coefficient (Wildman–Crippen LogP) is 5.26. The summed E-state index contributed by atoms with van der Waals surface area (Å²) in [6, 6.07) is 11.3. The van der Waals surface area contributed by atoms with Crippen LogP contribution in [-0.2, 0) is 0 Å². The molecule has 2 aromatic carbocycles. The second kappa shape index (κ2) is 5.55. The molecule has 1 nitrogen and oxygen atoms in total. The van der Waals surface area contributed by atoms with E-state index >= 15 is 0 Å². The average Bonchev–Trinajstić information content (AvgIpc) is 2.28. The summed E-state index contributed by atoms with van der Waals surface area (Å²) < 4.78 is 28.6. The maximum atomic E-state index is 12.1. The van der Waals surface area contributed by atoms with Crippen molar-refractivity contribution in [3.8, 4) is 16.9 Å². The van der Waals surface area contributed by atoms with E-state index in [0.29, 0.717) is 21.2 Å². The second-order valence-corrected chi connectivity index (χ2v) is 4.37. The van der Waals surface area contributed by atoms with E-state index in [1.807, 2.05) is 0 Å². The van der Waals surface area contributed by atoms with Gasteiger partial charge >= 0.3 is 6.61 Å². The fraction of sp³-hybridized carbons (Fsp3) is 0.0769. The van der Waals surface area contributed by atoms with Crippen LogP contribution >= 0.6 is 23.2 Å². The fourth-order valence-corrected chi connectivity index (χ4v) is 2.08. The van der Waals surface area contributed by atoms with Gasteiger partial charge in [-0.2, -0.15) is 8.78 Å². The zero-order valence-electron chi connectivity index (χ0n) is 9.04. The molecule has 0 spiro atoms. The van der Waals surface area contributed by atoms with Crippen molar-refractivity contribution in [3.63, 3.8) is 0 Å². The van der Waals surface area contributed by atoms with Crippen molar-refractivity contribution in [3.05, 3.63) is 52.5 Å². The Morgan fingerprint density at radius 1 is 1.00 bits per heavy atom. The molecule has 0 aliphatic carbocycles. The molecule has 5 heteroatoms. The van der Waals surface area contributed by atoms with Crippen LogP contribution in [0.1, 0.15) is 0 Å². The first kappa shape index (κ1) is 13.1. The van der Waals surface area contributed by atoms with Gasteiger partial charge in [-0.05, 0) is 29.8 Å². The van der Waals surface area contributed by atoms with Crippen molar-refractivity contribution in [2.75, 3.05) is 0 Å². The summed E-state index contributed by atoms with van der Waals surface area (Å²) in [5.74, 6) is 0.0912. The van der Waals surface area contributed by atoms with Crippen LogP contribution in [0, 0.1) is 0 Å². The highest BCUT2D eigenvalue weighted by Gasteiger charge is 2.08. The van der Waals surface area contributed by atoms with Crippen LogP contribution in [0.4, 0.5) is 8.78 Å². The van der Waals surface area contributed by atoms with E-state index in [-0.39, 0.29) is 5.75 Å².